The van der Waals surface area contributed by atoms with Crippen molar-refractivity contribution in [3.63, 3.8) is 0 Å². The number of piperazine rings is 1. The number of likely N-dealkylation sites (N-methyl/N-ethyl adjacent to an activating group) is 1. The standard InChI is InChI=1S/C21H20F3N5O2/c1-27-8-10-28(11-9-27)20(30)15-2-7-19(25-12-15)16-13-26-29(14-16)17-3-5-18(6-4-17)31-21(22,23)24/h2-7,12-14H,8-11H2,1H3. The summed E-state index contributed by atoms with van der Waals surface area (Å²) in [5.74, 6) is -0.338. The lowest BCUT2D eigenvalue weighted by Crippen LogP contribution is -2.47. The Morgan fingerprint density at radius 2 is 1.71 bits per heavy atom. The van der Waals surface area contributed by atoms with Crippen LogP contribution in [0.2, 0.25) is 0 Å². The number of hydrogen-bond acceptors (Lipinski definition) is 5. The highest BCUT2D eigenvalue weighted by molar-refractivity contribution is 5.94. The lowest BCUT2D eigenvalue weighted by molar-refractivity contribution is -0.274. The first-order valence-electron chi connectivity index (χ1n) is 9.63. The number of carbonyl (C=O) groups is 1. The third-order valence-electron chi connectivity index (χ3n) is 5.01. The van der Waals surface area contributed by atoms with Crippen LogP contribution in [0.5, 0.6) is 5.75 Å². The molecule has 2 aromatic heterocycles. The quantitative estimate of drug-likeness (QED) is 0.635. The smallest absolute Gasteiger partial charge is 0.406 e. The summed E-state index contributed by atoms with van der Waals surface area (Å²) in [5, 5.41) is 4.24. The number of benzene rings is 1. The van der Waals surface area contributed by atoms with Gasteiger partial charge in [-0.2, -0.15) is 5.10 Å². The number of pyridine rings is 1. The number of nitrogens with zero attached hydrogens (tertiary/aromatic N) is 5. The second-order valence-corrected chi connectivity index (χ2v) is 7.24. The minimum absolute atomic E-state index is 0.0380. The van der Waals surface area contributed by atoms with Crippen LogP contribution in [0, 0.1) is 0 Å². The molecule has 3 aromatic rings. The monoisotopic (exact) mass is 431 g/mol. The molecule has 0 N–H and O–H groups in total. The van der Waals surface area contributed by atoms with Crippen molar-refractivity contribution in [3.8, 4) is 22.7 Å². The Morgan fingerprint density at radius 3 is 2.32 bits per heavy atom. The number of amides is 1. The van der Waals surface area contributed by atoms with E-state index in [0.29, 0.717) is 35.6 Å². The molecule has 1 amide bonds. The first-order valence-corrected chi connectivity index (χ1v) is 9.63. The van der Waals surface area contributed by atoms with Crippen LogP contribution in [0.4, 0.5) is 13.2 Å². The molecule has 0 aliphatic carbocycles. The predicted molar refractivity (Wildman–Crippen MR) is 107 cm³/mol. The highest BCUT2D eigenvalue weighted by atomic mass is 19.4. The molecule has 10 heteroatoms. The van der Waals surface area contributed by atoms with Gasteiger partial charge < -0.3 is 14.5 Å². The number of rotatable bonds is 4. The Bertz CT molecular complexity index is 1040. The van der Waals surface area contributed by atoms with Gasteiger partial charge in [-0.25, -0.2) is 4.68 Å². The van der Waals surface area contributed by atoms with E-state index in [1.807, 2.05) is 11.9 Å². The molecule has 1 aliphatic heterocycles. The molecule has 1 saturated heterocycles. The van der Waals surface area contributed by atoms with Gasteiger partial charge in [0.1, 0.15) is 5.75 Å². The van der Waals surface area contributed by atoms with Gasteiger partial charge in [-0.15, -0.1) is 13.2 Å². The van der Waals surface area contributed by atoms with Crippen LogP contribution in [-0.4, -0.2) is 70.1 Å². The van der Waals surface area contributed by atoms with Crippen molar-refractivity contribution < 1.29 is 22.7 Å². The zero-order valence-electron chi connectivity index (χ0n) is 16.7. The third-order valence-corrected chi connectivity index (χ3v) is 5.01. The van der Waals surface area contributed by atoms with Crippen LogP contribution in [0.15, 0.2) is 55.0 Å². The molecule has 4 rings (SSSR count). The summed E-state index contributed by atoms with van der Waals surface area (Å²) in [6.45, 7) is 3.08. The van der Waals surface area contributed by atoms with Crippen molar-refractivity contribution in [2.24, 2.45) is 0 Å². The van der Waals surface area contributed by atoms with Gasteiger partial charge in [0.2, 0.25) is 0 Å². The fourth-order valence-corrected chi connectivity index (χ4v) is 3.28. The number of aromatic nitrogens is 3. The maximum absolute atomic E-state index is 12.6. The van der Waals surface area contributed by atoms with Crippen LogP contribution in [0.3, 0.4) is 0 Å². The minimum Gasteiger partial charge on any atom is -0.406 e. The topological polar surface area (TPSA) is 63.5 Å². The van der Waals surface area contributed by atoms with Gasteiger partial charge in [-0.05, 0) is 43.4 Å². The number of hydrogen-bond donors (Lipinski definition) is 0. The fraction of sp³-hybridized carbons (Fsp3) is 0.286. The molecule has 0 spiro atoms. The molecular formula is C21H20F3N5O2. The predicted octanol–water partition coefficient (Wildman–Crippen LogP) is 3.22. The summed E-state index contributed by atoms with van der Waals surface area (Å²) in [4.78, 5) is 21.0. The molecule has 3 heterocycles. The van der Waals surface area contributed by atoms with Crippen molar-refractivity contribution in [3.05, 3.63) is 60.6 Å². The molecule has 162 valence electrons. The summed E-state index contributed by atoms with van der Waals surface area (Å²) in [6, 6.07) is 8.89. The van der Waals surface area contributed by atoms with Gasteiger partial charge in [0.05, 0.1) is 23.1 Å². The Labute approximate surface area is 176 Å². The molecule has 31 heavy (non-hydrogen) atoms. The Balaban J connectivity index is 1.45. The molecule has 1 fully saturated rings. The summed E-state index contributed by atoms with van der Waals surface area (Å²) in [6.07, 6.45) is 0.134. The van der Waals surface area contributed by atoms with E-state index in [1.54, 1.807) is 30.7 Å². The zero-order valence-corrected chi connectivity index (χ0v) is 16.7. The molecular weight excluding hydrogens is 411 g/mol. The number of ether oxygens (including phenoxy) is 1. The van der Waals surface area contributed by atoms with E-state index in [4.69, 9.17) is 0 Å². The largest absolute Gasteiger partial charge is 0.573 e. The summed E-state index contributed by atoms with van der Waals surface area (Å²) in [7, 11) is 2.03. The van der Waals surface area contributed by atoms with Crippen LogP contribution in [0.25, 0.3) is 16.9 Å². The van der Waals surface area contributed by atoms with Crippen molar-refractivity contribution in [1.82, 2.24) is 24.6 Å². The van der Waals surface area contributed by atoms with Crippen LogP contribution in [0.1, 0.15) is 10.4 Å². The first-order chi connectivity index (χ1) is 14.8. The van der Waals surface area contributed by atoms with Crippen molar-refractivity contribution in [2.75, 3.05) is 33.2 Å². The average molecular weight is 431 g/mol. The van der Waals surface area contributed by atoms with Gasteiger partial charge >= 0.3 is 6.36 Å². The molecule has 1 aromatic carbocycles. The lowest BCUT2D eigenvalue weighted by Gasteiger charge is -2.32. The van der Waals surface area contributed by atoms with Crippen molar-refractivity contribution in [1.29, 1.82) is 0 Å². The van der Waals surface area contributed by atoms with E-state index in [2.05, 4.69) is 19.7 Å². The van der Waals surface area contributed by atoms with Gasteiger partial charge in [0.25, 0.3) is 5.91 Å². The van der Waals surface area contributed by atoms with E-state index < -0.39 is 6.36 Å². The SMILES string of the molecule is CN1CCN(C(=O)c2ccc(-c3cnn(-c4ccc(OC(F)(F)F)cc4)c3)nc2)CC1. The molecule has 0 bridgehead atoms. The van der Waals surface area contributed by atoms with Gasteiger partial charge in [-0.1, -0.05) is 0 Å². The number of halogens is 3. The van der Waals surface area contributed by atoms with E-state index in [1.165, 1.54) is 28.9 Å². The van der Waals surface area contributed by atoms with Gasteiger partial charge in [0, 0.05) is 44.1 Å². The molecule has 0 unspecified atom stereocenters. The second kappa shape index (κ2) is 8.38. The molecule has 7 nitrogen and oxygen atoms in total. The first kappa shape index (κ1) is 20.9. The van der Waals surface area contributed by atoms with E-state index in [-0.39, 0.29) is 11.7 Å². The van der Waals surface area contributed by atoms with Gasteiger partial charge in [0.15, 0.2) is 0 Å². The van der Waals surface area contributed by atoms with Crippen LogP contribution >= 0.6 is 0 Å². The lowest BCUT2D eigenvalue weighted by atomic mass is 10.1. The molecule has 0 atom stereocenters. The summed E-state index contributed by atoms with van der Waals surface area (Å²) < 4.78 is 42.2. The molecule has 0 saturated carbocycles. The summed E-state index contributed by atoms with van der Waals surface area (Å²) in [5.41, 5.74) is 2.45. The van der Waals surface area contributed by atoms with Crippen LogP contribution in [-0.2, 0) is 0 Å². The van der Waals surface area contributed by atoms with Crippen LogP contribution < -0.4 is 4.74 Å². The Hall–Kier alpha value is -3.40. The number of alkyl halides is 3. The number of carbonyl (C=O) groups excluding carboxylic acids is 1. The van der Waals surface area contributed by atoms with E-state index in [9.17, 15) is 18.0 Å². The molecule has 0 radical (unpaired) electrons. The van der Waals surface area contributed by atoms with Crippen molar-refractivity contribution in [2.45, 2.75) is 6.36 Å². The van der Waals surface area contributed by atoms with Crippen molar-refractivity contribution >= 4 is 5.91 Å². The Morgan fingerprint density at radius 1 is 1.00 bits per heavy atom. The maximum Gasteiger partial charge on any atom is 0.573 e. The average Bonchev–Trinajstić information content (AvgIpc) is 3.24. The maximum atomic E-state index is 12.6. The molecule has 1 aliphatic rings. The highest BCUT2D eigenvalue weighted by Crippen LogP contribution is 2.24. The van der Waals surface area contributed by atoms with E-state index >= 15 is 0 Å². The second-order valence-electron chi connectivity index (χ2n) is 7.24. The normalized spacial score (nSPS) is 15.2. The Kier molecular flexibility index (Phi) is 5.64. The highest BCUT2D eigenvalue weighted by Gasteiger charge is 2.31. The zero-order chi connectivity index (χ0) is 22.0. The van der Waals surface area contributed by atoms with Gasteiger partial charge in [-0.3, -0.25) is 9.78 Å². The minimum atomic E-state index is -4.73. The fourth-order valence-electron chi connectivity index (χ4n) is 3.28. The third kappa shape index (κ3) is 5.02. The van der Waals surface area contributed by atoms with E-state index in [0.717, 1.165) is 13.1 Å². The summed E-state index contributed by atoms with van der Waals surface area (Å²) >= 11 is 0.